The van der Waals surface area contributed by atoms with E-state index in [0.717, 1.165) is 12.8 Å². The first-order chi connectivity index (χ1) is 9.12. The molecular formula is C12H18I4O4. The zero-order chi connectivity index (χ0) is 15.8. The van der Waals surface area contributed by atoms with Crippen LogP contribution in [-0.2, 0) is 19.1 Å². The minimum Gasteiger partial charge on any atom is -0.439 e. The van der Waals surface area contributed by atoms with E-state index in [0.29, 0.717) is 25.7 Å². The number of hydrogen-bond donors (Lipinski definition) is 0. The van der Waals surface area contributed by atoms with Gasteiger partial charge in [0.2, 0.25) is 3.23 Å². The number of hydrogen-bond acceptors (Lipinski definition) is 4. The summed E-state index contributed by atoms with van der Waals surface area (Å²) in [5, 5.41) is 0. The second-order valence-electron chi connectivity index (χ2n) is 4.14. The lowest BCUT2D eigenvalue weighted by atomic mass is 10.2. The van der Waals surface area contributed by atoms with Gasteiger partial charge in [0.1, 0.15) is 0 Å². The predicted molar refractivity (Wildman–Crippen MR) is 113 cm³/mol. The van der Waals surface area contributed by atoms with Gasteiger partial charge in [-0.05, 0) is 103 Å². The highest BCUT2D eigenvalue weighted by atomic mass is 127. The topological polar surface area (TPSA) is 52.6 Å². The molecule has 0 aromatic carbocycles. The molecule has 0 rings (SSSR count). The van der Waals surface area contributed by atoms with Crippen molar-refractivity contribution in [2.45, 2.75) is 55.6 Å². The molecule has 0 fully saturated rings. The van der Waals surface area contributed by atoms with E-state index in [1.807, 2.05) is 13.8 Å². The van der Waals surface area contributed by atoms with E-state index in [4.69, 9.17) is 9.47 Å². The van der Waals surface area contributed by atoms with E-state index in [1.165, 1.54) is 0 Å². The van der Waals surface area contributed by atoms with E-state index in [2.05, 4.69) is 90.4 Å². The van der Waals surface area contributed by atoms with Gasteiger partial charge in [-0.3, -0.25) is 9.59 Å². The van der Waals surface area contributed by atoms with E-state index < -0.39 is 3.23 Å². The number of alkyl halides is 4. The molecule has 0 heterocycles. The molecule has 8 heteroatoms. The molecule has 0 saturated heterocycles. The Bertz CT molecular complexity index is 299. The third kappa shape index (κ3) is 11.4. The van der Waals surface area contributed by atoms with Gasteiger partial charge >= 0.3 is 11.9 Å². The molecule has 0 aliphatic carbocycles. The molecule has 0 saturated carbocycles. The fourth-order valence-corrected chi connectivity index (χ4v) is 2.10. The fraction of sp³-hybridized carbons (Fsp3) is 0.833. The number of esters is 2. The summed E-state index contributed by atoms with van der Waals surface area (Å²) in [6.07, 6.45) is 3.49. The van der Waals surface area contributed by atoms with Crippen molar-refractivity contribution < 1.29 is 19.1 Å². The second kappa shape index (κ2) is 10.6. The maximum Gasteiger partial charge on any atom is 0.307 e. The first kappa shape index (κ1) is 21.9. The number of carbonyl (C=O) groups excluding carboxylic acids is 2. The Balaban J connectivity index is 3.82. The average molecular weight is 734 g/mol. The average Bonchev–Trinajstić information content (AvgIpc) is 2.33. The summed E-state index contributed by atoms with van der Waals surface area (Å²) in [5.74, 6) is -0.426. The predicted octanol–water partition coefficient (Wildman–Crippen LogP) is 5.50. The van der Waals surface area contributed by atoms with Crippen LogP contribution in [-0.4, -0.2) is 15.2 Å². The van der Waals surface area contributed by atoms with Crippen LogP contribution in [0.4, 0.5) is 0 Å². The number of rotatable bonds is 9. The van der Waals surface area contributed by atoms with Gasteiger partial charge in [-0.15, -0.1) is 0 Å². The van der Waals surface area contributed by atoms with Crippen LogP contribution in [0.5, 0.6) is 0 Å². The van der Waals surface area contributed by atoms with Gasteiger partial charge in [0.05, 0.1) is 0 Å². The lowest BCUT2D eigenvalue weighted by Crippen LogP contribution is -2.21. The summed E-state index contributed by atoms with van der Waals surface area (Å²) in [6, 6.07) is 0. The third-order valence-corrected chi connectivity index (χ3v) is 6.29. The van der Waals surface area contributed by atoms with E-state index in [-0.39, 0.29) is 11.9 Å². The number of unbranched alkanes of at least 4 members (excludes halogenated alkanes) is 1. The molecular weight excluding hydrogens is 716 g/mol. The molecule has 0 spiro atoms. The first-order valence-electron chi connectivity index (χ1n) is 6.31. The third-order valence-electron chi connectivity index (χ3n) is 2.36. The molecule has 118 valence electrons. The van der Waals surface area contributed by atoms with Crippen molar-refractivity contribution in [1.82, 2.24) is 0 Å². The molecule has 0 unspecified atom stereocenters. The molecule has 0 N–H and O–H groups in total. The van der Waals surface area contributed by atoms with E-state index >= 15 is 0 Å². The lowest BCUT2D eigenvalue weighted by molar-refractivity contribution is -0.147. The van der Waals surface area contributed by atoms with Crippen molar-refractivity contribution in [2.75, 3.05) is 0 Å². The van der Waals surface area contributed by atoms with Gasteiger partial charge < -0.3 is 9.47 Å². The summed E-state index contributed by atoms with van der Waals surface area (Å²) >= 11 is 8.45. The van der Waals surface area contributed by atoms with Crippen molar-refractivity contribution >= 4 is 102 Å². The molecule has 4 nitrogen and oxygen atoms in total. The standard InChI is InChI=1S/C12H18I4O4/c1-3-11(13,14)19-9(17)7-5-6-8-10(18)20-12(15,16)4-2/h3-8H2,1-2H3. The Hall–Kier alpha value is 1.86. The summed E-state index contributed by atoms with van der Waals surface area (Å²) in [7, 11) is 0. The maximum atomic E-state index is 11.6. The van der Waals surface area contributed by atoms with Crippen LogP contribution in [0.2, 0.25) is 0 Å². The molecule has 0 aliphatic rings. The Labute approximate surface area is 174 Å². The quantitative estimate of drug-likeness (QED) is 0.136. The molecule has 0 radical (unpaired) electrons. The van der Waals surface area contributed by atoms with Crippen LogP contribution in [0, 0.1) is 0 Å². The van der Waals surface area contributed by atoms with Gasteiger partial charge in [0.15, 0.2) is 0 Å². The van der Waals surface area contributed by atoms with Crippen LogP contribution >= 0.6 is 90.4 Å². The van der Waals surface area contributed by atoms with E-state index in [9.17, 15) is 9.59 Å². The minimum absolute atomic E-state index is 0.213. The van der Waals surface area contributed by atoms with Crippen LogP contribution in [0.1, 0.15) is 52.4 Å². The maximum absolute atomic E-state index is 11.6. The second-order valence-corrected chi connectivity index (χ2v) is 15.2. The highest BCUT2D eigenvalue weighted by molar-refractivity contribution is 14.2. The molecule has 0 aromatic rings. The van der Waals surface area contributed by atoms with Gasteiger partial charge in [0.25, 0.3) is 0 Å². The Morgan fingerprint density at radius 2 is 1.10 bits per heavy atom. The van der Waals surface area contributed by atoms with Crippen molar-refractivity contribution in [3.63, 3.8) is 0 Å². The van der Waals surface area contributed by atoms with Crippen molar-refractivity contribution in [2.24, 2.45) is 0 Å². The Morgan fingerprint density at radius 1 is 0.800 bits per heavy atom. The summed E-state index contributed by atoms with van der Waals surface area (Å²) in [4.78, 5) is 23.2. The van der Waals surface area contributed by atoms with Gasteiger partial charge in [-0.1, -0.05) is 13.8 Å². The number of halogens is 4. The molecule has 20 heavy (non-hydrogen) atoms. The first-order valence-corrected chi connectivity index (χ1v) is 10.6. The number of ether oxygens (including phenoxy) is 2. The highest BCUT2D eigenvalue weighted by Gasteiger charge is 2.25. The van der Waals surface area contributed by atoms with Gasteiger partial charge in [-0.25, -0.2) is 0 Å². The Kier molecular flexibility index (Phi) is 11.6. The smallest absolute Gasteiger partial charge is 0.307 e. The SMILES string of the molecule is CCC(I)(I)OC(=O)CCCCC(=O)OC(I)(I)CC. The molecule has 0 aliphatic heterocycles. The number of carbonyl (C=O) groups is 2. The molecule has 0 aromatic heterocycles. The van der Waals surface area contributed by atoms with Crippen LogP contribution < -0.4 is 0 Å². The van der Waals surface area contributed by atoms with Crippen LogP contribution in [0.3, 0.4) is 0 Å². The molecule has 0 amide bonds. The van der Waals surface area contributed by atoms with Crippen molar-refractivity contribution in [3.8, 4) is 0 Å². The monoisotopic (exact) mass is 734 g/mol. The Morgan fingerprint density at radius 3 is 1.35 bits per heavy atom. The normalized spacial score (nSPS) is 12.1. The highest BCUT2D eigenvalue weighted by Crippen LogP contribution is 2.34. The summed E-state index contributed by atoms with van der Waals surface area (Å²) in [5.41, 5.74) is 0. The van der Waals surface area contributed by atoms with Crippen LogP contribution in [0.25, 0.3) is 0 Å². The molecule has 0 atom stereocenters. The van der Waals surface area contributed by atoms with Gasteiger partial charge in [0, 0.05) is 25.7 Å². The van der Waals surface area contributed by atoms with E-state index in [1.54, 1.807) is 0 Å². The molecule has 0 bridgehead atoms. The van der Waals surface area contributed by atoms with Gasteiger partial charge in [-0.2, -0.15) is 0 Å². The largest absolute Gasteiger partial charge is 0.439 e. The summed E-state index contributed by atoms with van der Waals surface area (Å²) < 4.78 is 9.69. The summed E-state index contributed by atoms with van der Waals surface area (Å²) in [6.45, 7) is 3.94. The van der Waals surface area contributed by atoms with Crippen molar-refractivity contribution in [1.29, 1.82) is 0 Å². The fourth-order valence-electron chi connectivity index (χ4n) is 1.12. The zero-order valence-corrected chi connectivity index (χ0v) is 20.0. The zero-order valence-electron chi connectivity index (χ0n) is 11.4. The van der Waals surface area contributed by atoms with Crippen molar-refractivity contribution in [3.05, 3.63) is 0 Å². The lowest BCUT2D eigenvalue weighted by Gasteiger charge is -2.19. The van der Waals surface area contributed by atoms with Crippen LogP contribution in [0.15, 0.2) is 0 Å². The minimum atomic E-state index is -0.464.